The summed E-state index contributed by atoms with van der Waals surface area (Å²) in [7, 11) is 0. The minimum atomic E-state index is -4.53. The van der Waals surface area contributed by atoms with Gasteiger partial charge in [-0.15, -0.1) is 0 Å². The van der Waals surface area contributed by atoms with Crippen LogP contribution in [0.25, 0.3) is 5.69 Å². The molecule has 0 aliphatic rings. The highest BCUT2D eigenvalue weighted by atomic mass is 19.4. The zero-order valence-electron chi connectivity index (χ0n) is 17.9. The van der Waals surface area contributed by atoms with Crippen molar-refractivity contribution in [1.29, 1.82) is 0 Å². The van der Waals surface area contributed by atoms with E-state index < -0.39 is 23.4 Å². The predicted molar refractivity (Wildman–Crippen MR) is 114 cm³/mol. The normalized spacial score (nSPS) is 11.2. The van der Waals surface area contributed by atoms with E-state index in [1.807, 2.05) is 0 Å². The standard InChI is InChI=1S/C23H21F3N4O3/c1-14-19(15(2)30(29-14)18-10-6-9-17(13-18)23(24,25)26)20(31)22(33)28-12-11-27-21(32)16-7-4-3-5-8-16/h3-10,13H,11-12H2,1-2H3,(H,27,32)(H,28,33). The fourth-order valence-electron chi connectivity index (χ4n) is 3.27. The lowest BCUT2D eigenvalue weighted by molar-refractivity contribution is -0.137. The van der Waals surface area contributed by atoms with Crippen LogP contribution >= 0.6 is 0 Å². The van der Waals surface area contributed by atoms with E-state index in [9.17, 15) is 27.6 Å². The van der Waals surface area contributed by atoms with Gasteiger partial charge in [0.05, 0.1) is 28.2 Å². The maximum absolute atomic E-state index is 13.0. The number of carbonyl (C=O) groups is 3. The van der Waals surface area contributed by atoms with Crippen molar-refractivity contribution >= 4 is 17.6 Å². The summed E-state index contributed by atoms with van der Waals surface area (Å²) in [5.74, 6) is -2.08. The van der Waals surface area contributed by atoms with Crippen LogP contribution in [0.1, 0.15) is 37.7 Å². The lowest BCUT2D eigenvalue weighted by Gasteiger charge is -2.10. The maximum atomic E-state index is 13.0. The second-order valence-electron chi connectivity index (χ2n) is 7.21. The smallest absolute Gasteiger partial charge is 0.350 e. The maximum Gasteiger partial charge on any atom is 0.416 e. The van der Waals surface area contributed by atoms with Crippen LogP contribution in [-0.2, 0) is 11.0 Å². The van der Waals surface area contributed by atoms with E-state index in [0.29, 0.717) is 5.56 Å². The van der Waals surface area contributed by atoms with Crippen molar-refractivity contribution in [1.82, 2.24) is 20.4 Å². The summed E-state index contributed by atoms with van der Waals surface area (Å²) in [6.07, 6.45) is -4.53. The number of rotatable bonds is 7. The van der Waals surface area contributed by atoms with Gasteiger partial charge in [-0.3, -0.25) is 14.4 Å². The van der Waals surface area contributed by atoms with Crippen molar-refractivity contribution in [2.75, 3.05) is 13.1 Å². The fraction of sp³-hybridized carbons (Fsp3) is 0.217. The van der Waals surface area contributed by atoms with Crippen LogP contribution in [-0.4, -0.2) is 40.5 Å². The van der Waals surface area contributed by atoms with Gasteiger partial charge in [0, 0.05) is 18.7 Å². The first kappa shape index (κ1) is 23.7. The molecule has 172 valence electrons. The number of alkyl halides is 3. The zero-order valence-corrected chi connectivity index (χ0v) is 17.9. The number of Topliss-reactive ketones (excluding diaryl/α,β-unsaturated/α-hetero) is 1. The predicted octanol–water partition coefficient (Wildman–Crippen LogP) is 3.24. The van der Waals surface area contributed by atoms with Crippen LogP contribution in [0.5, 0.6) is 0 Å². The molecule has 0 unspecified atom stereocenters. The molecule has 0 saturated carbocycles. The molecule has 7 nitrogen and oxygen atoms in total. The van der Waals surface area contributed by atoms with Crippen LogP contribution in [0.15, 0.2) is 54.6 Å². The molecule has 3 aromatic rings. The third kappa shape index (κ3) is 5.46. The van der Waals surface area contributed by atoms with Crippen LogP contribution < -0.4 is 10.6 Å². The van der Waals surface area contributed by atoms with Crippen LogP contribution in [0, 0.1) is 13.8 Å². The largest absolute Gasteiger partial charge is 0.416 e. The van der Waals surface area contributed by atoms with Crippen molar-refractivity contribution in [2.24, 2.45) is 0 Å². The van der Waals surface area contributed by atoms with Gasteiger partial charge < -0.3 is 10.6 Å². The summed E-state index contributed by atoms with van der Waals surface area (Å²) in [6.45, 7) is 3.12. The summed E-state index contributed by atoms with van der Waals surface area (Å²) in [5, 5.41) is 9.21. The SMILES string of the molecule is Cc1nn(-c2cccc(C(F)(F)F)c2)c(C)c1C(=O)C(=O)NCCNC(=O)c1ccccc1. The van der Waals surface area contributed by atoms with Gasteiger partial charge in [-0.1, -0.05) is 24.3 Å². The number of aromatic nitrogens is 2. The average Bonchev–Trinajstić information content (AvgIpc) is 3.09. The fourth-order valence-corrected chi connectivity index (χ4v) is 3.27. The van der Waals surface area contributed by atoms with Crippen LogP contribution in [0.3, 0.4) is 0 Å². The topological polar surface area (TPSA) is 93.1 Å². The number of aryl methyl sites for hydroxylation is 1. The lowest BCUT2D eigenvalue weighted by atomic mass is 10.1. The van der Waals surface area contributed by atoms with E-state index in [1.54, 1.807) is 30.3 Å². The number of benzene rings is 2. The van der Waals surface area contributed by atoms with Gasteiger partial charge in [-0.05, 0) is 44.2 Å². The van der Waals surface area contributed by atoms with Crippen molar-refractivity contribution in [2.45, 2.75) is 20.0 Å². The van der Waals surface area contributed by atoms with Crippen molar-refractivity contribution in [3.63, 3.8) is 0 Å². The first-order chi connectivity index (χ1) is 15.6. The van der Waals surface area contributed by atoms with Gasteiger partial charge in [0.1, 0.15) is 0 Å². The van der Waals surface area contributed by atoms with E-state index in [2.05, 4.69) is 15.7 Å². The third-order valence-corrected chi connectivity index (χ3v) is 4.87. The van der Waals surface area contributed by atoms with Gasteiger partial charge in [0.25, 0.3) is 17.6 Å². The number of nitrogens with zero attached hydrogens (tertiary/aromatic N) is 2. The number of halogens is 3. The summed E-state index contributed by atoms with van der Waals surface area (Å²) in [5.41, 5.74) is 0.197. The highest BCUT2D eigenvalue weighted by Gasteiger charge is 2.31. The quantitative estimate of drug-likeness (QED) is 0.323. The molecule has 2 amide bonds. The second kappa shape index (κ2) is 9.68. The van der Waals surface area contributed by atoms with Crippen molar-refractivity contribution < 1.29 is 27.6 Å². The number of hydrogen-bond donors (Lipinski definition) is 2. The number of ketones is 1. The minimum Gasteiger partial charge on any atom is -0.350 e. The molecule has 0 spiro atoms. The molecule has 10 heteroatoms. The Morgan fingerprint density at radius 3 is 2.27 bits per heavy atom. The molecule has 2 aromatic carbocycles. The number of carbonyl (C=O) groups excluding carboxylic acids is 3. The summed E-state index contributed by atoms with van der Waals surface area (Å²) in [4.78, 5) is 37.0. The van der Waals surface area contributed by atoms with Gasteiger partial charge in [-0.25, -0.2) is 4.68 Å². The molecular formula is C23H21F3N4O3. The molecule has 0 saturated heterocycles. The summed E-state index contributed by atoms with van der Waals surface area (Å²) >= 11 is 0. The third-order valence-electron chi connectivity index (χ3n) is 4.87. The number of nitrogens with one attached hydrogen (secondary N) is 2. The molecule has 0 bridgehead atoms. The van der Waals surface area contributed by atoms with E-state index in [4.69, 9.17) is 0 Å². The van der Waals surface area contributed by atoms with Crippen LogP contribution in [0.4, 0.5) is 13.2 Å². The number of amides is 2. The van der Waals surface area contributed by atoms with Crippen molar-refractivity contribution in [3.8, 4) is 5.69 Å². The zero-order chi connectivity index (χ0) is 24.2. The van der Waals surface area contributed by atoms with E-state index in [-0.39, 0.29) is 41.6 Å². The Bertz CT molecular complexity index is 1190. The van der Waals surface area contributed by atoms with Gasteiger partial charge in [0.15, 0.2) is 0 Å². The summed E-state index contributed by atoms with van der Waals surface area (Å²) < 4.78 is 40.3. The Kier molecular flexibility index (Phi) is 6.95. The van der Waals surface area contributed by atoms with Gasteiger partial charge in [0.2, 0.25) is 0 Å². The Morgan fingerprint density at radius 2 is 1.61 bits per heavy atom. The van der Waals surface area contributed by atoms with Crippen LogP contribution in [0.2, 0.25) is 0 Å². The molecule has 0 aliphatic carbocycles. The molecular weight excluding hydrogens is 437 g/mol. The molecule has 33 heavy (non-hydrogen) atoms. The van der Waals surface area contributed by atoms with E-state index in [1.165, 1.54) is 30.7 Å². The Labute approximate surface area is 187 Å². The molecule has 0 fully saturated rings. The molecule has 1 heterocycles. The molecule has 2 N–H and O–H groups in total. The molecule has 0 radical (unpaired) electrons. The first-order valence-corrected chi connectivity index (χ1v) is 9.99. The Balaban J connectivity index is 1.66. The molecule has 0 aliphatic heterocycles. The Hall–Kier alpha value is -3.95. The van der Waals surface area contributed by atoms with E-state index >= 15 is 0 Å². The first-order valence-electron chi connectivity index (χ1n) is 9.99. The molecule has 3 rings (SSSR count). The van der Waals surface area contributed by atoms with Crippen molar-refractivity contribution in [3.05, 3.63) is 82.7 Å². The summed E-state index contributed by atoms with van der Waals surface area (Å²) in [6, 6.07) is 13.0. The monoisotopic (exact) mass is 458 g/mol. The lowest BCUT2D eigenvalue weighted by Crippen LogP contribution is -2.38. The number of hydrogen-bond acceptors (Lipinski definition) is 4. The van der Waals surface area contributed by atoms with Gasteiger partial charge in [-0.2, -0.15) is 18.3 Å². The minimum absolute atomic E-state index is 0.0123. The average molecular weight is 458 g/mol. The highest BCUT2D eigenvalue weighted by molar-refractivity contribution is 6.43. The van der Waals surface area contributed by atoms with E-state index in [0.717, 1.165) is 12.1 Å². The highest BCUT2D eigenvalue weighted by Crippen LogP contribution is 2.30. The molecule has 0 atom stereocenters. The van der Waals surface area contributed by atoms with Gasteiger partial charge >= 0.3 is 6.18 Å². The Morgan fingerprint density at radius 1 is 0.939 bits per heavy atom. The second-order valence-corrected chi connectivity index (χ2v) is 7.21. The molecule has 1 aromatic heterocycles.